The van der Waals surface area contributed by atoms with Crippen molar-refractivity contribution in [1.29, 1.82) is 0 Å². The minimum Gasteiger partial charge on any atom is -0.368 e. The smallest absolute Gasteiger partial charge is 0.278 e. The SMILES string of the molecule is CC(c1ccc(-c2cnc(N)nc2)nc1)(c1noc(-c2cnc(N3CCNCC3)cn2)n1)C1CC1. The largest absolute Gasteiger partial charge is 0.368 e. The van der Waals surface area contributed by atoms with Gasteiger partial charge >= 0.3 is 0 Å². The summed E-state index contributed by atoms with van der Waals surface area (Å²) in [6.07, 6.45) is 10.9. The summed E-state index contributed by atoms with van der Waals surface area (Å²) in [7, 11) is 0. The highest BCUT2D eigenvalue weighted by Crippen LogP contribution is 2.50. The van der Waals surface area contributed by atoms with Crippen molar-refractivity contribution >= 4 is 11.8 Å². The van der Waals surface area contributed by atoms with E-state index in [0.29, 0.717) is 23.3 Å². The monoisotopic (exact) mass is 470 g/mol. The number of nitrogens with zero attached hydrogens (tertiary/aromatic N) is 8. The molecule has 0 bridgehead atoms. The topological polar surface area (TPSA) is 145 Å². The van der Waals surface area contributed by atoms with Crippen molar-refractivity contribution in [3.05, 3.63) is 54.5 Å². The van der Waals surface area contributed by atoms with Crippen molar-refractivity contribution in [3.63, 3.8) is 0 Å². The quantitative estimate of drug-likeness (QED) is 0.427. The van der Waals surface area contributed by atoms with E-state index < -0.39 is 5.41 Å². The van der Waals surface area contributed by atoms with E-state index in [2.05, 4.69) is 53.3 Å². The molecule has 4 aromatic heterocycles. The maximum atomic E-state index is 5.65. The van der Waals surface area contributed by atoms with Crippen LogP contribution in [0.5, 0.6) is 0 Å². The normalized spacial score (nSPS) is 17.8. The number of rotatable bonds is 6. The molecule has 11 heteroatoms. The molecular formula is C24H26N10O. The van der Waals surface area contributed by atoms with Crippen molar-refractivity contribution in [1.82, 2.24) is 40.4 Å². The van der Waals surface area contributed by atoms with Gasteiger partial charge in [-0.1, -0.05) is 11.2 Å². The molecule has 35 heavy (non-hydrogen) atoms. The second-order valence-electron chi connectivity index (χ2n) is 9.16. The Bertz CT molecular complexity index is 1300. The van der Waals surface area contributed by atoms with Gasteiger partial charge in [0.05, 0.1) is 23.5 Å². The maximum absolute atomic E-state index is 5.65. The van der Waals surface area contributed by atoms with Crippen LogP contribution in [-0.2, 0) is 5.41 Å². The van der Waals surface area contributed by atoms with Crippen LogP contribution in [0.2, 0.25) is 0 Å². The van der Waals surface area contributed by atoms with E-state index in [-0.39, 0.29) is 5.95 Å². The number of aromatic nitrogens is 7. The standard InChI is InChI=1S/C24H26N10O/c1-24(16-2-3-16,17-4-5-18(27-12-17)15-10-30-23(25)31-11-15)22-32-21(35-33-22)19-13-29-20(14-28-19)34-8-6-26-7-9-34/h4-5,10-14,16,26H,2-3,6-9H2,1H3,(H2,25,30,31). The average Bonchev–Trinajstić information content (AvgIpc) is 3.66. The van der Waals surface area contributed by atoms with Crippen LogP contribution in [0.3, 0.4) is 0 Å². The molecule has 1 saturated carbocycles. The van der Waals surface area contributed by atoms with E-state index >= 15 is 0 Å². The van der Waals surface area contributed by atoms with Crippen LogP contribution in [0.4, 0.5) is 11.8 Å². The summed E-state index contributed by atoms with van der Waals surface area (Å²) in [6.45, 7) is 5.87. The Labute approximate surface area is 202 Å². The van der Waals surface area contributed by atoms with Gasteiger partial charge in [0.1, 0.15) is 11.5 Å². The first kappa shape index (κ1) is 21.5. The van der Waals surface area contributed by atoms with Crippen molar-refractivity contribution in [3.8, 4) is 22.8 Å². The van der Waals surface area contributed by atoms with Gasteiger partial charge in [-0.25, -0.2) is 19.9 Å². The Hall–Kier alpha value is -3.99. The van der Waals surface area contributed by atoms with Gasteiger partial charge in [0, 0.05) is 50.3 Å². The first-order chi connectivity index (χ1) is 17.1. The van der Waals surface area contributed by atoms with E-state index in [1.54, 1.807) is 24.8 Å². The molecule has 1 aliphatic carbocycles. The summed E-state index contributed by atoms with van der Waals surface area (Å²) < 4.78 is 5.65. The summed E-state index contributed by atoms with van der Waals surface area (Å²) in [6, 6.07) is 4.03. The summed E-state index contributed by atoms with van der Waals surface area (Å²) in [4.78, 5) is 28.9. The second-order valence-corrected chi connectivity index (χ2v) is 9.16. The molecule has 3 N–H and O–H groups in total. The highest BCUT2D eigenvalue weighted by Gasteiger charge is 2.47. The molecule has 0 aromatic carbocycles. The van der Waals surface area contributed by atoms with E-state index in [1.165, 1.54) is 0 Å². The first-order valence-corrected chi connectivity index (χ1v) is 11.8. The fraction of sp³-hybridized carbons (Fsp3) is 0.375. The molecule has 11 nitrogen and oxygen atoms in total. The maximum Gasteiger partial charge on any atom is 0.278 e. The number of nitrogens with two attached hydrogens (primary N) is 1. The summed E-state index contributed by atoms with van der Waals surface area (Å²) >= 11 is 0. The Kier molecular flexibility index (Phi) is 5.33. The lowest BCUT2D eigenvalue weighted by Gasteiger charge is -2.27. The van der Waals surface area contributed by atoms with Gasteiger partial charge in [-0.3, -0.25) is 4.98 Å². The van der Waals surface area contributed by atoms with Gasteiger partial charge in [-0.05, 0) is 37.3 Å². The van der Waals surface area contributed by atoms with Crippen LogP contribution in [0, 0.1) is 5.92 Å². The number of nitrogen functional groups attached to an aromatic ring is 1. The van der Waals surface area contributed by atoms with Gasteiger partial charge < -0.3 is 20.5 Å². The lowest BCUT2D eigenvalue weighted by molar-refractivity contribution is 0.385. The predicted octanol–water partition coefficient (Wildman–Crippen LogP) is 2.09. The van der Waals surface area contributed by atoms with Gasteiger partial charge in [-0.2, -0.15) is 4.98 Å². The summed E-state index contributed by atoms with van der Waals surface area (Å²) in [5.41, 5.74) is 8.37. The first-order valence-electron chi connectivity index (χ1n) is 11.8. The highest BCUT2D eigenvalue weighted by molar-refractivity contribution is 5.58. The predicted molar refractivity (Wildman–Crippen MR) is 129 cm³/mol. The number of piperazine rings is 1. The zero-order valence-electron chi connectivity index (χ0n) is 19.4. The second kappa shape index (κ2) is 8.66. The summed E-state index contributed by atoms with van der Waals surface area (Å²) in [5, 5.41) is 7.71. The minimum absolute atomic E-state index is 0.239. The molecule has 6 rings (SSSR count). The average molecular weight is 471 g/mol. The molecule has 4 aromatic rings. The van der Waals surface area contributed by atoms with Crippen molar-refractivity contribution in [2.45, 2.75) is 25.2 Å². The van der Waals surface area contributed by atoms with E-state index in [4.69, 9.17) is 15.2 Å². The van der Waals surface area contributed by atoms with Crippen molar-refractivity contribution in [2.24, 2.45) is 5.92 Å². The van der Waals surface area contributed by atoms with Gasteiger partial charge in [0.25, 0.3) is 5.89 Å². The number of nitrogens with one attached hydrogen (secondary N) is 1. The van der Waals surface area contributed by atoms with Crippen LogP contribution < -0.4 is 16.0 Å². The third-order valence-corrected chi connectivity index (χ3v) is 6.91. The van der Waals surface area contributed by atoms with Crippen LogP contribution >= 0.6 is 0 Å². The molecule has 1 aliphatic heterocycles. The Morgan fingerprint density at radius 3 is 2.37 bits per heavy atom. The number of hydrogen-bond acceptors (Lipinski definition) is 11. The fourth-order valence-electron chi connectivity index (χ4n) is 4.58. The van der Waals surface area contributed by atoms with Crippen LogP contribution in [0.25, 0.3) is 22.8 Å². The molecule has 0 radical (unpaired) electrons. The number of hydrogen-bond donors (Lipinski definition) is 2. The van der Waals surface area contributed by atoms with Crippen LogP contribution in [-0.4, -0.2) is 61.2 Å². The third-order valence-electron chi connectivity index (χ3n) is 6.91. The fourth-order valence-corrected chi connectivity index (χ4v) is 4.58. The van der Waals surface area contributed by atoms with Crippen LogP contribution in [0.1, 0.15) is 31.2 Å². The van der Waals surface area contributed by atoms with Crippen LogP contribution in [0.15, 0.2) is 47.6 Å². The molecule has 0 spiro atoms. The lowest BCUT2D eigenvalue weighted by atomic mass is 9.77. The lowest BCUT2D eigenvalue weighted by Crippen LogP contribution is -2.43. The van der Waals surface area contributed by atoms with E-state index in [9.17, 15) is 0 Å². The molecule has 178 valence electrons. The zero-order valence-corrected chi connectivity index (χ0v) is 19.4. The summed E-state index contributed by atoms with van der Waals surface area (Å²) in [5.74, 6) is 2.52. The van der Waals surface area contributed by atoms with Gasteiger partial charge in [0.15, 0.2) is 5.82 Å². The molecule has 0 amide bonds. The molecule has 1 atom stereocenters. The Morgan fingerprint density at radius 1 is 0.943 bits per heavy atom. The van der Waals surface area contributed by atoms with Crippen molar-refractivity contribution in [2.75, 3.05) is 36.8 Å². The number of anilines is 2. The van der Waals surface area contributed by atoms with Crippen molar-refractivity contribution < 1.29 is 4.52 Å². The highest BCUT2D eigenvalue weighted by atomic mass is 16.5. The number of pyridine rings is 1. The molecular weight excluding hydrogens is 444 g/mol. The molecule has 2 aliphatic rings. The van der Waals surface area contributed by atoms with E-state index in [0.717, 1.165) is 61.7 Å². The molecule has 1 saturated heterocycles. The molecule has 2 fully saturated rings. The van der Waals surface area contributed by atoms with Gasteiger partial charge in [-0.15, -0.1) is 0 Å². The van der Waals surface area contributed by atoms with Gasteiger partial charge in [0.2, 0.25) is 5.95 Å². The third kappa shape index (κ3) is 4.08. The molecule has 1 unspecified atom stereocenters. The minimum atomic E-state index is -0.418. The Balaban J connectivity index is 1.26. The Morgan fingerprint density at radius 2 is 1.71 bits per heavy atom. The van der Waals surface area contributed by atoms with E-state index in [1.807, 2.05) is 12.3 Å². The zero-order chi connectivity index (χ0) is 23.8. The molecule has 5 heterocycles.